The maximum Gasteiger partial charge on any atom is 0.0547 e. The van der Waals surface area contributed by atoms with Crippen molar-refractivity contribution < 1.29 is 0 Å². The number of aromatic nitrogens is 2. The molecule has 1 aliphatic carbocycles. The second kappa shape index (κ2) is 12.8. The lowest BCUT2D eigenvalue weighted by molar-refractivity contribution is 1.01. The van der Waals surface area contributed by atoms with E-state index in [9.17, 15) is 0 Å². The van der Waals surface area contributed by atoms with Gasteiger partial charge in [-0.15, -0.1) is 0 Å². The molecule has 2 heterocycles. The van der Waals surface area contributed by atoms with Gasteiger partial charge in [0.25, 0.3) is 0 Å². The van der Waals surface area contributed by atoms with Crippen molar-refractivity contribution >= 4 is 71.3 Å². The van der Waals surface area contributed by atoms with Gasteiger partial charge in [0, 0.05) is 50.0 Å². The molecule has 11 rings (SSSR count). The summed E-state index contributed by atoms with van der Waals surface area (Å²) in [5.74, 6) is 0. The first-order valence-electron chi connectivity index (χ1n) is 19.2. The summed E-state index contributed by atoms with van der Waals surface area (Å²) in [5, 5.41) is 7.53. The third-order valence-corrected chi connectivity index (χ3v) is 11.3. The highest BCUT2D eigenvalue weighted by molar-refractivity contribution is 6.14. The summed E-state index contributed by atoms with van der Waals surface area (Å²) in [7, 11) is 0. The molecule has 0 amide bonds. The number of anilines is 2. The van der Waals surface area contributed by atoms with E-state index < -0.39 is 0 Å². The van der Waals surface area contributed by atoms with Gasteiger partial charge in [0.05, 0.1) is 22.1 Å². The van der Waals surface area contributed by atoms with Gasteiger partial charge in [-0.2, -0.15) is 0 Å². The monoisotopic (exact) mass is 703 g/mol. The second-order valence-electron chi connectivity index (χ2n) is 14.5. The van der Waals surface area contributed by atoms with Crippen LogP contribution in [-0.2, 0) is 0 Å². The van der Waals surface area contributed by atoms with E-state index in [1.807, 2.05) is 0 Å². The average molecular weight is 704 g/mol. The van der Waals surface area contributed by atoms with E-state index in [0.717, 1.165) is 35.6 Å². The van der Waals surface area contributed by atoms with Crippen molar-refractivity contribution in [1.29, 1.82) is 0 Å². The van der Waals surface area contributed by atoms with Crippen molar-refractivity contribution in [3.63, 3.8) is 0 Å². The Morgan fingerprint density at radius 3 is 1.67 bits per heavy atom. The molecule has 0 fully saturated rings. The predicted octanol–water partition coefficient (Wildman–Crippen LogP) is 13.9. The smallest absolute Gasteiger partial charge is 0.0547 e. The molecular formula is C52H37N3. The van der Waals surface area contributed by atoms with Crippen LogP contribution in [0.1, 0.15) is 18.4 Å². The van der Waals surface area contributed by atoms with Gasteiger partial charge >= 0.3 is 0 Å². The molecule has 0 saturated heterocycles. The first-order valence-corrected chi connectivity index (χ1v) is 19.2. The van der Waals surface area contributed by atoms with Crippen LogP contribution in [0.5, 0.6) is 0 Å². The van der Waals surface area contributed by atoms with Crippen molar-refractivity contribution in [3.05, 3.63) is 211 Å². The summed E-state index contributed by atoms with van der Waals surface area (Å²) in [4.78, 5) is 2.44. The molecule has 0 aliphatic heterocycles. The molecule has 0 spiro atoms. The summed E-state index contributed by atoms with van der Waals surface area (Å²) < 4.78 is 4.80. The first kappa shape index (κ1) is 31.4. The van der Waals surface area contributed by atoms with Gasteiger partial charge in [-0.25, -0.2) is 0 Å². The van der Waals surface area contributed by atoms with E-state index in [0.29, 0.717) is 0 Å². The quantitative estimate of drug-likeness (QED) is 0.168. The minimum atomic E-state index is 0.982. The van der Waals surface area contributed by atoms with Crippen molar-refractivity contribution in [2.75, 3.05) is 4.90 Å². The highest BCUT2D eigenvalue weighted by Gasteiger charge is 2.21. The van der Waals surface area contributed by atoms with Crippen molar-refractivity contribution in [1.82, 2.24) is 9.13 Å². The summed E-state index contributed by atoms with van der Waals surface area (Å²) in [6.45, 7) is 0. The zero-order valence-corrected chi connectivity index (χ0v) is 30.3. The molecule has 3 nitrogen and oxygen atoms in total. The number of para-hydroxylation sites is 3. The zero-order valence-electron chi connectivity index (χ0n) is 30.3. The molecule has 0 radical (unpaired) electrons. The van der Waals surface area contributed by atoms with Crippen LogP contribution in [-0.4, -0.2) is 9.13 Å². The fraction of sp³-hybridized carbons (Fsp3) is 0.0385. The summed E-state index contributed by atoms with van der Waals surface area (Å²) >= 11 is 0. The molecule has 55 heavy (non-hydrogen) atoms. The lowest BCUT2D eigenvalue weighted by Crippen LogP contribution is -2.17. The molecule has 8 aromatic carbocycles. The number of hydrogen-bond donors (Lipinski definition) is 0. The van der Waals surface area contributed by atoms with Gasteiger partial charge in [-0.05, 0) is 120 Å². The van der Waals surface area contributed by atoms with Crippen molar-refractivity contribution in [2.24, 2.45) is 0 Å². The second-order valence-corrected chi connectivity index (χ2v) is 14.5. The Morgan fingerprint density at radius 2 is 0.945 bits per heavy atom. The van der Waals surface area contributed by atoms with E-state index in [4.69, 9.17) is 0 Å². The summed E-state index contributed by atoms with van der Waals surface area (Å²) in [6, 6.07) is 68.5. The van der Waals surface area contributed by atoms with Crippen LogP contribution in [0.3, 0.4) is 0 Å². The van der Waals surface area contributed by atoms with Crippen LogP contribution >= 0.6 is 0 Å². The minimum absolute atomic E-state index is 0.982. The lowest BCUT2D eigenvalue weighted by Gasteiger charge is -2.29. The van der Waals surface area contributed by atoms with E-state index >= 15 is 0 Å². The highest BCUT2D eigenvalue weighted by Crippen LogP contribution is 2.41. The normalized spacial score (nSPS) is 13.2. The Balaban J connectivity index is 1.09. The standard InChI is InChI=1S/C52H37N3/c1-3-14-36(15-4-1)37-18-13-21-43(32-37)53(44-30-31-51-48(35-44)46-23-10-11-24-49(46)54(51)40-19-5-2-6-20-40)41-26-28-42(29-27-41)55-50-25-12-9-22-45(50)47-33-38-16-7-8-17-39(38)34-52(47)55/h1-12,14-17,19-35H,13,18H2. The van der Waals surface area contributed by atoms with Crippen LogP contribution < -0.4 is 4.90 Å². The maximum absolute atomic E-state index is 2.44. The Morgan fingerprint density at radius 1 is 0.400 bits per heavy atom. The number of nitrogens with zero attached hydrogens (tertiary/aromatic N) is 3. The van der Waals surface area contributed by atoms with Gasteiger partial charge in [0.2, 0.25) is 0 Å². The van der Waals surface area contributed by atoms with Crippen LogP contribution in [0, 0.1) is 0 Å². The lowest BCUT2D eigenvalue weighted by atomic mass is 9.95. The first-order chi connectivity index (χ1) is 27.3. The molecule has 0 bridgehead atoms. The summed E-state index contributed by atoms with van der Waals surface area (Å²) in [6.07, 6.45) is 6.79. The zero-order chi connectivity index (χ0) is 36.3. The van der Waals surface area contributed by atoms with Gasteiger partial charge in [0.15, 0.2) is 0 Å². The molecule has 0 unspecified atom stereocenters. The van der Waals surface area contributed by atoms with Crippen molar-refractivity contribution in [2.45, 2.75) is 12.8 Å². The number of hydrogen-bond acceptors (Lipinski definition) is 1. The highest BCUT2D eigenvalue weighted by atomic mass is 15.1. The third kappa shape index (κ3) is 5.20. The predicted molar refractivity (Wildman–Crippen MR) is 233 cm³/mol. The molecule has 1 aliphatic rings. The molecule has 10 aromatic rings. The number of fused-ring (bicyclic) bond motifs is 7. The third-order valence-electron chi connectivity index (χ3n) is 11.3. The van der Waals surface area contributed by atoms with E-state index in [2.05, 4.69) is 214 Å². The number of benzene rings is 8. The number of allylic oxidation sites excluding steroid dienone is 3. The Hall–Kier alpha value is -7.10. The Kier molecular flexibility index (Phi) is 7.31. The molecule has 0 N–H and O–H groups in total. The largest absolute Gasteiger partial charge is 0.311 e. The topological polar surface area (TPSA) is 13.1 Å². The molecule has 3 heteroatoms. The van der Waals surface area contributed by atoms with Gasteiger partial charge in [-0.1, -0.05) is 115 Å². The number of rotatable bonds is 6. The molecule has 260 valence electrons. The molecule has 0 saturated carbocycles. The molecule has 0 atom stereocenters. The van der Waals surface area contributed by atoms with Crippen LogP contribution in [0.4, 0.5) is 11.4 Å². The van der Waals surface area contributed by atoms with E-state index in [1.165, 1.54) is 71.2 Å². The van der Waals surface area contributed by atoms with E-state index in [1.54, 1.807) is 0 Å². The van der Waals surface area contributed by atoms with Crippen LogP contribution in [0.2, 0.25) is 0 Å². The fourth-order valence-corrected chi connectivity index (χ4v) is 8.81. The van der Waals surface area contributed by atoms with Gasteiger partial charge in [-0.3, -0.25) is 0 Å². The van der Waals surface area contributed by atoms with Crippen molar-refractivity contribution in [3.8, 4) is 11.4 Å². The SMILES string of the molecule is C1=C(c2ccccc2)CCC=C1N(c1ccc(-n2c3ccccc3c3cc4ccccc4cc32)cc1)c1ccc2c(c1)c1ccccc1n2-c1ccccc1. The van der Waals surface area contributed by atoms with E-state index in [-0.39, 0.29) is 0 Å². The maximum atomic E-state index is 2.44. The average Bonchev–Trinajstić information content (AvgIpc) is 3.76. The Bertz CT molecular complexity index is 3130. The summed E-state index contributed by atoms with van der Waals surface area (Å²) in [5.41, 5.74) is 13.2. The minimum Gasteiger partial charge on any atom is -0.311 e. The van der Waals surface area contributed by atoms with Crippen LogP contribution in [0.25, 0.3) is 71.3 Å². The molecule has 2 aromatic heterocycles. The fourth-order valence-electron chi connectivity index (χ4n) is 8.81. The molecular weight excluding hydrogens is 667 g/mol. The van der Waals surface area contributed by atoms with Crippen LogP contribution in [0.15, 0.2) is 206 Å². The Labute approximate surface area is 319 Å². The van der Waals surface area contributed by atoms with Gasteiger partial charge in [0.1, 0.15) is 0 Å². The van der Waals surface area contributed by atoms with Gasteiger partial charge < -0.3 is 14.0 Å².